The first kappa shape index (κ1) is 15.6. The number of carbonyl (C=O) groups excluding carboxylic acids is 1. The molecule has 0 fully saturated rings. The number of likely N-dealkylation sites (N-methyl/N-ethyl adjacent to an activating group) is 1. The summed E-state index contributed by atoms with van der Waals surface area (Å²) >= 11 is 1.46. The maximum Gasteiger partial charge on any atom is 0.228 e. The number of rotatable bonds is 6. The zero-order valence-electron chi connectivity index (χ0n) is 12.4. The number of aliphatic hydroxyl groups is 1. The van der Waals surface area contributed by atoms with E-state index in [0.717, 1.165) is 10.7 Å². The van der Waals surface area contributed by atoms with E-state index in [1.807, 2.05) is 12.3 Å². The molecule has 0 saturated carbocycles. The van der Waals surface area contributed by atoms with E-state index >= 15 is 0 Å². The molecule has 0 aliphatic heterocycles. The van der Waals surface area contributed by atoms with Gasteiger partial charge in [-0.2, -0.15) is 0 Å². The number of aliphatic hydroxyl groups excluding tert-OH is 1. The molecule has 0 bridgehead atoms. The van der Waals surface area contributed by atoms with Gasteiger partial charge in [0.25, 0.3) is 0 Å². The Labute approximate surface area is 127 Å². The Morgan fingerprint density at radius 1 is 1.52 bits per heavy atom. The molecule has 0 radical (unpaired) electrons. The molecule has 114 valence electrons. The molecule has 0 saturated heterocycles. The van der Waals surface area contributed by atoms with Crippen molar-refractivity contribution in [3.05, 3.63) is 28.0 Å². The van der Waals surface area contributed by atoms with Crippen LogP contribution in [-0.2, 0) is 17.8 Å². The van der Waals surface area contributed by atoms with Crippen LogP contribution in [0.2, 0.25) is 0 Å². The third-order valence-electron chi connectivity index (χ3n) is 3.01. The van der Waals surface area contributed by atoms with Crippen molar-refractivity contribution in [2.75, 3.05) is 14.1 Å². The highest BCUT2D eigenvalue weighted by Gasteiger charge is 2.12. The third kappa shape index (κ3) is 4.08. The fourth-order valence-electron chi connectivity index (χ4n) is 1.71. The van der Waals surface area contributed by atoms with Crippen LogP contribution in [-0.4, -0.2) is 50.0 Å². The Balaban J connectivity index is 1.99. The number of thiazole rings is 1. The summed E-state index contributed by atoms with van der Waals surface area (Å²) in [6.07, 6.45) is 2.06. The van der Waals surface area contributed by atoms with Crippen LogP contribution in [0.5, 0.6) is 0 Å². The Bertz CT molecular complexity index is 607. The standard InChI is InChI=1S/C13H19N5O2S/c1-4-11(19)10-7-18(16-15-10)6-9-8-21-12(14-9)5-13(20)17(2)3/h7-8,11,19H,4-6H2,1-3H3. The van der Waals surface area contributed by atoms with Crippen LogP contribution in [0.1, 0.15) is 35.8 Å². The van der Waals surface area contributed by atoms with Crippen molar-refractivity contribution in [2.45, 2.75) is 32.4 Å². The number of aromatic nitrogens is 4. The van der Waals surface area contributed by atoms with Crippen molar-refractivity contribution >= 4 is 17.2 Å². The lowest BCUT2D eigenvalue weighted by molar-refractivity contribution is -0.127. The van der Waals surface area contributed by atoms with E-state index < -0.39 is 6.10 Å². The van der Waals surface area contributed by atoms with Crippen molar-refractivity contribution in [2.24, 2.45) is 0 Å². The van der Waals surface area contributed by atoms with Crippen molar-refractivity contribution in [1.29, 1.82) is 0 Å². The number of hydrogen-bond acceptors (Lipinski definition) is 6. The second-order valence-electron chi connectivity index (χ2n) is 4.96. The molecule has 2 aromatic heterocycles. The minimum absolute atomic E-state index is 0.0324. The Morgan fingerprint density at radius 2 is 2.29 bits per heavy atom. The molecule has 0 aliphatic carbocycles. The molecule has 2 aromatic rings. The van der Waals surface area contributed by atoms with Gasteiger partial charge in [0.1, 0.15) is 10.7 Å². The highest BCUT2D eigenvalue weighted by atomic mass is 32.1. The average Bonchev–Trinajstić information content (AvgIpc) is 3.08. The fourth-order valence-corrected chi connectivity index (χ4v) is 2.48. The van der Waals surface area contributed by atoms with E-state index in [4.69, 9.17) is 0 Å². The SMILES string of the molecule is CCC(O)c1cn(Cc2csc(CC(=O)N(C)C)n2)nn1. The molecule has 7 nitrogen and oxygen atoms in total. The van der Waals surface area contributed by atoms with E-state index in [2.05, 4.69) is 15.3 Å². The van der Waals surface area contributed by atoms with Gasteiger partial charge in [0.05, 0.1) is 31.0 Å². The Morgan fingerprint density at radius 3 is 2.95 bits per heavy atom. The largest absolute Gasteiger partial charge is 0.387 e. The monoisotopic (exact) mass is 309 g/mol. The summed E-state index contributed by atoms with van der Waals surface area (Å²) in [6.45, 7) is 2.37. The molecular weight excluding hydrogens is 290 g/mol. The van der Waals surface area contributed by atoms with Crippen LogP contribution < -0.4 is 0 Å². The molecular formula is C13H19N5O2S. The molecule has 2 rings (SSSR count). The lowest BCUT2D eigenvalue weighted by atomic mass is 10.2. The van der Waals surface area contributed by atoms with Crippen molar-refractivity contribution < 1.29 is 9.90 Å². The second kappa shape index (κ2) is 6.77. The van der Waals surface area contributed by atoms with E-state index in [0.29, 0.717) is 25.1 Å². The first-order chi connectivity index (χ1) is 9.99. The van der Waals surface area contributed by atoms with Crippen molar-refractivity contribution in [1.82, 2.24) is 24.9 Å². The third-order valence-corrected chi connectivity index (χ3v) is 3.91. The van der Waals surface area contributed by atoms with Crippen LogP contribution >= 0.6 is 11.3 Å². The lowest BCUT2D eigenvalue weighted by Gasteiger charge is -2.07. The zero-order valence-corrected chi connectivity index (χ0v) is 13.2. The second-order valence-corrected chi connectivity index (χ2v) is 5.91. The summed E-state index contributed by atoms with van der Waals surface area (Å²) in [5.74, 6) is 0.0324. The van der Waals surface area contributed by atoms with Gasteiger partial charge in [0.2, 0.25) is 5.91 Å². The highest BCUT2D eigenvalue weighted by molar-refractivity contribution is 7.09. The van der Waals surface area contributed by atoms with Crippen LogP contribution in [0.25, 0.3) is 0 Å². The number of nitrogens with zero attached hydrogens (tertiary/aromatic N) is 5. The number of carbonyl (C=O) groups is 1. The Hall–Kier alpha value is -1.80. The van der Waals surface area contributed by atoms with Gasteiger partial charge in [-0.05, 0) is 6.42 Å². The van der Waals surface area contributed by atoms with Crippen LogP contribution in [0.4, 0.5) is 0 Å². The van der Waals surface area contributed by atoms with Gasteiger partial charge in [-0.25, -0.2) is 9.67 Å². The maximum atomic E-state index is 11.6. The molecule has 8 heteroatoms. The smallest absolute Gasteiger partial charge is 0.228 e. The molecule has 1 N–H and O–H groups in total. The normalized spacial score (nSPS) is 12.4. The molecule has 1 atom stereocenters. The molecule has 0 aliphatic rings. The lowest BCUT2D eigenvalue weighted by Crippen LogP contribution is -2.23. The number of hydrogen-bond donors (Lipinski definition) is 1. The van der Waals surface area contributed by atoms with Crippen LogP contribution in [0.15, 0.2) is 11.6 Å². The molecule has 1 amide bonds. The molecule has 0 spiro atoms. The zero-order chi connectivity index (χ0) is 15.4. The van der Waals surface area contributed by atoms with Crippen molar-refractivity contribution in [3.63, 3.8) is 0 Å². The topological polar surface area (TPSA) is 84.1 Å². The van der Waals surface area contributed by atoms with Gasteiger partial charge >= 0.3 is 0 Å². The summed E-state index contributed by atoms with van der Waals surface area (Å²) < 4.78 is 1.64. The van der Waals surface area contributed by atoms with E-state index in [1.165, 1.54) is 11.3 Å². The first-order valence-electron chi connectivity index (χ1n) is 6.71. The fraction of sp³-hybridized carbons (Fsp3) is 0.538. The summed E-state index contributed by atoms with van der Waals surface area (Å²) in [4.78, 5) is 17.6. The quantitative estimate of drug-likeness (QED) is 0.855. The van der Waals surface area contributed by atoms with Gasteiger partial charge in [-0.1, -0.05) is 12.1 Å². The summed E-state index contributed by atoms with van der Waals surface area (Å²) in [7, 11) is 3.46. The maximum absolute atomic E-state index is 11.6. The van der Waals surface area contributed by atoms with Gasteiger partial charge < -0.3 is 10.0 Å². The van der Waals surface area contributed by atoms with Crippen LogP contribution in [0, 0.1) is 0 Å². The Kier molecular flexibility index (Phi) is 5.03. The number of amides is 1. The van der Waals surface area contributed by atoms with Gasteiger partial charge in [-0.3, -0.25) is 4.79 Å². The van der Waals surface area contributed by atoms with E-state index in [1.54, 1.807) is 29.9 Å². The summed E-state index contributed by atoms with van der Waals surface area (Å²) in [6, 6.07) is 0. The van der Waals surface area contributed by atoms with E-state index in [9.17, 15) is 9.90 Å². The van der Waals surface area contributed by atoms with Crippen molar-refractivity contribution in [3.8, 4) is 0 Å². The predicted octanol–water partition coefficient (Wildman–Crippen LogP) is 0.857. The summed E-state index contributed by atoms with van der Waals surface area (Å²) in [5, 5.41) is 20.3. The molecule has 2 heterocycles. The molecule has 1 unspecified atom stereocenters. The van der Waals surface area contributed by atoms with E-state index in [-0.39, 0.29) is 5.91 Å². The first-order valence-corrected chi connectivity index (χ1v) is 7.59. The highest BCUT2D eigenvalue weighted by Crippen LogP contribution is 2.15. The van der Waals surface area contributed by atoms with Gasteiger partial charge in [-0.15, -0.1) is 16.4 Å². The van der Waals surface area contributed by atoms with Gasteiger partial charge in [0, 0.05) is 19.5 Å². The van der Waals surface area contributed by atoms with Gasteiger partial charge in [0.15, 0.2) is 0 Å². The predicted molar refractivity (Wildman–Crippen MR) is 78.9 cm³/mol. The molecule has 0 aromatic carbocycles. The summed E-state index contributed by atoms with van der Waals surface area (Å²) in [5.41, 5.74) is 1.40. The average molecular weight is 309 g/mol. The minimum atomic E-state index is -0.581. The van der Waals surface area contributed by atoms with Crippen LogP contribution in [0.3, 0.4) is 0 Å². The minimum Gasteiger partial charge on any atom is -0.387 e. The molecule has 21 heavy (non-hydrogen) atoms.